The molecule has 1 aromatic carbocycles. The average Bonchev–Trinajstić information content (AvgIpc) is 2.25. The minimum absolute atomic E-state index is 0.327. The standard InChI is InChI=1S/C11H10ClF4NO/c1-17(2)10(18)9(12)7-4-3-6(13)5-8(7)11(14,15)16/h3-5,9H,1-2H3. The molecule has 0 heterocycles. The van der Waals surface area contributed by atoms with E-state index >= 15 is 0 Å². The summed E-state index contributed by atoms with van der Waals surface area (Å²) >= 11 is 5.70. The molecule has 100 valence electrons. The van der Waals surface area contributed by atoms with Crippen molar-refractivity contribution < 1.29 is 22.4 Å². The van der Waals surface area contributed by atoms with Gasteiger partial charge in [0.2, 0.25) is 5.91 Å². The van der Waals surface area contributed by atoms with Crippen LogP contribution in [0.3, 0.4) is 0 Å². The lowest BCUT2D eigenvalue weighted by molar-refractivity contribution is -0.138. The minimum Gasteiger partial charge on any atom is -0.347 e. The first-order valence-corrected chi connectivity index (χ1v) is 5.30. The van der Waals surface area contributed by atoms with Gasteiger partial charge in [0.25, 0.3) is 0 Å². The van der Waals surface area contributed by atoms with E-state index in [1.807, 2.05) is 0 Å². The smallest absolute Gasteiger partial charge is 0.347 e. The maximum Gasteiger partial charge on any atom is 0.416 e. The van der Waals surface area contributed by atoms with E-state index in [4.69, 9.17) is 11.6 Å². The third kappa shape index (κ3) is 3.13. The number of hydrogen-bond donors (Lipinski definition) is 0. The number of carbonyl (C=O) groups is 1. The van der Waals surface area contributed by atoms with Gasteiger partial charge in [-0.15, -0.1) is 11.6 Å². The van der Waals surface area contributed by atoms with Gasteiger partial charge in [-0.05, 0) is 17.7 Å². The van der Waals surface area contributed by atoms with E-state index < -0.39 is 34.4 Å². The number of likely N-dealkylation sites (N-methyl/N-ethyl adjacent to an activating group) is 1. The van der Waals surface area contributed by atoms with Crippen molar-refractivity contribution in [3.63, 3.8) is 0 Å². The van der Waals surface area contributed by atoms with Crippen LogP contribution in [0.2, 0.25) is 0 Å². The summed E-state index contributed by atoms with van der Waals surface area (Å²) in [4.78, 5) is 12.6. The van der Waals surface area contributed by atoms with Gasteiger partial charge >= 0.3 is 6.18 Å². The number of halogens is 5. The Kier molecular flexibility index (Phi) is 4.21. The largest absolute Gasteiger partial charge is 0.416 e. The summed E-state index contributed by atoms with van der Waals surface area (Å²) in [6.45, 7) is 0. The second-order valence-corrected chi connectivity index (χ2v) is 4.26. The van der Waals surface area contributed by atoms with Crippen LogP contribution in [0.4, 0.5) is 17.6 Å². The molecule has 0 saturated heterocycles. The molecule has 1 unspecified atom stereocenters. The van der Waals surface area contributed by atoms with Gasteiger partial charge in [0.15, 0.2) is 0 Å². The summed E-state index contributed by atoms with van der Waals surface area (Å²) in [6, 6.07) is 2.04. The van der Waals surface area contributed by atoms with Crippen molar-refractivity contribution in [1.82, 2.24) is 4.90 Å². The second-order valence-electron chi connectivity index (χ2n) is 3.82. The van der Waals surface area contributed by atoms with Crippen LogP contribution in [0, 0.1) is 5.82 Å². The van der Waals surface area contributed by atoms with Gasteiger partial charge < -0.3 is 4.90 Å². The third-order valence-electron chi connectivity index (χ3n) is 2.25. The predicted octanol–water partition coefficient (Wildman–Crippen LogP) is 3.21. The van der Waals surface area contributed by atoms with Crippen LogP contribution in [0.1, 0.15) is 16.5 Å². The van der Waals surface area contributed by atoms with Crippen molar-refractivity contribution >= 4 is 17.5 Å². The molecule has 0 spiro atoms. The highest BCUT2D eigenvalue weighted by Gasteiger charge is 2.37. The molecule has 0 N–H and O–H groups in total. The van der Waals surface area contributed by atoms with E-state index in [1.54, 1.807) is 0 Å². The third-order valence-corrected chi connectivity index (χ3v) is 2.67. The zero-order chi connectivity index (χ0) is 14.1. The summed E-state index contributed by atoms with van der Waals surface area (Å²) in [7, 11) is 2.74. The van der Waals surface area contributed by atoms with Crippen molar-refractivity contribution in [1.29, 1.82) is 0 Å². The zero-order valence-corrected chi connectivity index (χ0v) is 10.3. The normalized spacial score (nSPS) is 13.3. The number of hydrogen-bond acceptors (Lipinski definition) is 1. The highest BCUT2D eigenvalue weighted by molar-refractivity contribution is 6.30. The van der Waals surface area contributed by atoms with Crippen LogP contribution >= 0.6 is 11.6 Å². The molecule has 1 amide bonds. The summed E-state index contributed by atoms with van der Waals surface area (Å²) < 4.78 is 51.0. The molecule has 0 aliphatic rings. The molecular weight excluding hydrogens is 274 g/mol. The van der Waals surface area contributed by atoms with E-state index in [0.29, 0.717) is 6.07 Å². The molecule has 0 aliphatic carbocycles. The monoisotopic (exact) mass is 283 g/mol. The molecule has 7 heteroatoms. The van der Waals surface area contributed by atoms with E-state index in [1.165, 1.54) is 14.1 Å². The lowest BCUT2D eigenvalue weighted by Gasteiger charge is -2.19. The molecule has 0 aliphatic heterocycles. The van der Waals surface area contributed by atoms with E-state index in [-0.39, 0.29) is 0 Å². The number of rotatable bonds is 2. The van der Waals surface area contributed by atoms with Crippen molar-refractivity contribution in [3.05, 3.63) is 35.1 Å². The highest BCUT2D eigenvalue weighted by Crippen LogP contribution is 2.37. The molecule has 18 heavy (non-hydrogen) atoms. The Labute approximate surface area is 106 Å². The summed E-state index contributed by atoms with van der Waals surface area (Å²) in [6.07, 6.45) is -4.77. The van der Waals surface area contributed by atoms with Crippen LogP contribution in [-0.2, 0) is 11.0 Å². The first-order chi connectivity index (χ1) is 8.14. The Morgan fingerprint density at radius 2 is 1.89 bits per heavy atom. The number of nitrogens with zero attached hydrogens (tertiary/aromatic N) is 1. The van der Waals surface area contributed by atoms with Gasteiger partial charge in [-0.25, -0.2) is 4.39 Å². The second kappa shape index (κ2) is 5.14. The fraction of sp³-hybridized carbons (Fsp3) is 0.364. The molecule has 0 aromatic heterocycles. The van der Waals surface area contributed by atoms with E-state index in [0.717, 1.165) is 17.0 Å². The van der Waals surface area contributed by atoms with Crippen molar-refractivity contribution in [3.8, 4) is 0 Å². The van der Waals surface area contributed by atoms with Gasteiger partial charge in [-0.1, -0.05) is 6.07 Å². The minimum atomic E-state index is -4.77. The van der Waals surface area contributed by atoms with Gasteiger partial charge in [0, 0.05) is 14.1 Å². The van der Waals surface area contributed by atoms with Crippen LogP contribution in [0.15, 0.2) is 18.2 Å². The van der Waals surface area contributed by atoms with E-state index in [9.17, 15) is 22.4 Å². The van der Waals surface area contributed by atoms with Crippen LogP contribution in [0.5, 0.6) is 0 Å². The molecule has 2 nitrogen and oxygen atoms in total. The highest BCUT2D eigenvalue weighted by atomic mass is 35.5. The molecule has 0 fully saturated rings. The fourth-order valence-electron chi connectivity index (χ4n) is 1.35. The summed E-state index contributed by atoms with van der Waals surface area (Å²) in [5, 5.41) is -1.50. The quantitative estimate of drug-likeness (QED) is 0.603. The number of amides is 1. The fourth-order valence-corrected chi connectivity index (χ4v) is 1.74. The SMILES string of the molecule is CN(C)C(=O)C(Cl)c1ccc(F)cc1C(F)(F)F. The summed E-state index contributed by atoms with van der Waals surface area (Å²) in [5.41, 5.74) is -1.69. The van der Waals surface area contributed by atoms with Crippen LogP contribution < -0.4 is 0 Å². The molecular formula is C11H10ClF4NO. The number of benzene rings is 1. The number of carbonyl (C=O) groups excluding carboxylic acids is 1. The summed E-state index contributed by atoms with van der Waals surface area (Å²) in [5.74, 6) is -1.74. The predicted molar refractivity (Wildman–Crippen MR) is 58.7 cm³/mol. The molecule has 1 rings (SSSR count). The Balaban J connectivity index is 3.28. The average molecular weight is 284 g/mol. The topological polar surface area (TPSA) is 20.3 Å². The lowest BCUT2D eigenvalue weighted by Crippen LogP contribution is -2.27. The lowest BCUT2D eigenvalue weighted by atomic mass is 10.0. The van der Waals surface area contributed by atoms with Gasteiger partial charge in [0.05, 0.1) is 5.56 Å². The number of alkyl halides is 4. The first kappa shape index (κ1) is 14.8. The van der Waals surface area contributed by atoms with Crippen molar-refractivity contribution in [2.24, 2.45) is 0 Å². The van der Waals surface area contributed by atoms with Gasteiger partial charge in [-0.3, -0.25) is 4.79 Å². The molecule has 0 radical (unpaired) electrons. The zero-order valence-electron chi connectivity index (χ0n) is 9.55. The van der Waals surface area contributed by atoms with Crippen LogP contribution in [0.25, 0.3) is 0 Å². The Hall–Kier alpha value is -1.30. The molecule has 0 saturated carbocycles. The Morgan fingerprint density at radius 3 is 2.33 bits per heavy atom. The van der Waals surface area contributed by atoms with Crippen molar-refractivity contribution in [2.75, 3.05) is 14.1 Å². The van der Waals surface area contributed by atoms with Gasteiger partial charge in [-0.2, -0.15) is 13.2 Å². The maximum absolute atomic E-state index is 12.9. The maximum atomic E-state index is 12.9. The Bertz CT molecular complexity index is 459. The van der Waals surface area contributed by atoms with E-state index in [2.05, 4.69) is 0 Å². The molecule has 0 bridgehead atoms. The van der Waals surface area contributed by atoms with Crippen LogP contribution in [-0.4, -0.2) is 24.9 Å². The Morgan fingerprint density at radius 1 is 1.33 bits per heavy atom. The molecule has 1 atom stereocenters. The molecule has 1 aromatic rings. The first-order valence-electron chi connectivity index (χ1n) is 4.86. The van der Waals surface area contributed by atoms with Gasteiger partial charge in [0.1, 0.15) is 11.2 Å². The van der Waals surface area contributed by atoms with Crippen molar-refractivity contribution in [2.45, 2.75) is 11.6 Å².